The van der Waals surface area contributed by atoms with Gasteiger partial charge in [-0.05, 0) is 12.3 Å². The monoisotopic (exact) mass is 285 g/mol. The van der Waals surface area contributed by atoms with Crippen molar-refractivity contribution in [2.24, 2.45) is 5.92 Å². The van der Waals surface area contributed by atoms with Crippen LogP contribution in [-0.4, -0.2) is 65.5 Å². The Morgan fingerprint density at radius 1 is 1.40 bits per heavy atom. The Kier molecular flexibility index (Phi) is 5.94. The second-order valence-electron chi connectivity index (χ2n) is 5.39. The van der Waals surface area contributed by atoms with Gasteiger partial charge in [-0.1, -0.05) is 13.8 Å². The molecule has 0 aromatic carbocycles. The highest BCUT2D eigenvalue weighted by atomic mass is 16.3. The zero-order valence-electron chi connectivity index (χ0n) is 12.3. The number of rotatable bonds is 7. The highest BCUT2D eigenvalue weighted by Crippen LogP contribution is 2.09. The number of likely N-dealkylation sites (N-methyl/N-ethyl adjacent to an activating group) is 1. The Morgan fingerprint density at radius 3 is 2.50 bits per heavy atom. The van der Waals surface area contributed by atoms with Gasteiger partial charge in [0.15, 0.2) is 0 Å². The minimum atomic E-state index is -0.314. The molecule has 1 aliphatic rings. The predicted molar refractivity (Wildman–Crippen MR) is 72.8 cm³/mol. The van der Waals surface area contributed by atoms with E-state index in [1.165, 1.54) is 9.80 Å². The van der Waals surface area contributed by atoms with Gasteiger partial charge in [0.05, 0.1) is 12.6 Å². The highest BCUT2D eigenvalue weighted by Gasteiger charge is 2.32. The van der Waals surface area contributed by atoms with Crippen LogP contribution in [0.1, 0.15) is 26.7 Å². The van der Waals surface area contributed by atoms with Gasteiger partial charge in [-0.15, -0.1) is 0 Å². The van der Waals surface area contributed by atoms with Gasteiger partial charge in [-0.25, -0.2) is 4.79 Å². The van der Waals surface area contributed by atoms with Gasteiger partial charge in [-0.3, -0.25) is 14.5 Å². The molecule has 7 heteroatoms. The summed E-state index contributed by atoms with van der Waals surface area (Å²) >= 11 is 0. The standard InChI is InChI=1S/C13H23N3O4/c1-9(2)10(8-17)14-11(18)5-4-6-16-12(19)7-15(3)13(16)20/h9-10,17H,4-8H2,1-3H3,(H,14,18)/t10-/m1/s1. The van der Waals surface area contributed by atoms with Crippen LogP contribution in [0.3, 0.4) is 0 Å². The number of aliphatic hydroxyl groups excluding tert-OH is 1. The smallest absolute Gasteiger partial charge is 0.326 e. The van der Waals surface area contributed by atoms with Gasteiger partial charge in [0, 0.05) is 20.0 Å². The van der Waals surface area contributed by atoms with Crippen LogP contribution in [0.5, 0.6) is 0 Å². The van der Waals surface area contributed by atoms with Crippen LogP contribution in [-0.2, 0) is 9.59 Å². The van der Waals surface area contributed by atoms with Gasteiger partial charge >= 0.3 is 6.03 Å². The largest absolute Gasteiger partial charge is 0.394 e. The van der Waals surface area contributed by atoms with Gasteiger partial charge in [-0.2, -0.15) is 0 Å². The molecule has 0 aromatic heterocycles. The van der Waals surface area contributed by atoms with Crippen molar-refractivity contribution in [3.8, 4) is 0 Å². The number of hydrogen-bond acceptors (Lipinski definition) is 4. The minimum Gasteiger partial charge on any atom is -0.394 e. The summed E-state index contributed by atoms with van der Waals surface area (Å²) in [5.74, 6) is -0.252. The summed E-state index contributed by atoms with van der Waals surface area (Å²) in [5, 5.41) is 11.9. The van der Waals surface area contributed by atoms with Crippen molar-refractivity contribution in [3.05, 3.63) is 0 Å². The quantitative estimate of drug-likeness (QED) is 0.634. The third-order valence-electron chi connectivity index (χ3n) is 3.36. The summed E-state index contributed by atoms with van der Waals surface area (Å²) in [6.07, 6.45) is 0.650. The predicted octanol–water partition coefficient (Wildman–Crippen LogP) is -0.206. The summed E-state index contributed by atoms with van der Waals surface area (Å²) in [5.41, 5.74) is 0. The van der Waals surface area contributed by atoms with E-state index in [1.807, 2.05) is 13.8 Å². The fourth-order valence-electron chi connectivity index (χ4n) is 1.99. The fraction of sp³-hybridized carbons (Fsp3) is 0.769. The molecule has 1 fully saturated rings. The van der Waals surface area contributed by atoms with Gasteiger partial charge < -0.3 is 15.3 Å². The van der Waals surface area contributed by atoms with Crippen LogP contribution in [0.25, 0.3) is 0 Å². The zero-order chi connectivity index (χ0) is 15.3. The minimum absolute atomic E-state index is 0.0999. The van der Waals surface area contributed by atoms with Crippen LogP contribution in [0.4, 0.5) is 4.79 Å². The van der Waals surface area contributed by atoms with Crippen molar-refractivity contribution in [1.29, 1.82) is 0 Å². The van der Waals surface area contributed by atoms with Crippen LogP contribution < -0.4 is 5.32 Å². The molecule has 2 N–H and O–H groups in total. The van der Waals surface area contributed by atoms with Crippen LogP contribution in [0.2, 0.25) is 0 Å². The van der Waals surface area contributed by atoms with Crippen molar-refractivity contribution in [2.75, 3.05) is 26.7 Å². The number of carbonyl (C=O) groups excluding carboxylic acids is 3. The van der Waals surface area contributed by atoms with Crippen molar-refractivity contribution in [2.45, 2.75) is 32.7 Å². The first-order chi connectivity index (χ1) is 9.36. The molecule has 0 unspecified atom stereocenters. The molecular weight excluding hydrogens is 262 g/mol. The van der Waals surface area contributed by atoms with E-state index in [-0.39, 0.29) is 55.9 Å². The molecule has 0 radical (unpaired) electrons. The summed E-state index contributed by atoms with van der Waals surface area (Å²) < 4.78 is 0. The van der Waals surface area contributed by atoms with Gasteiger partial charge in [0.1, 0.15) is 6.54 Å². The van der Waals surface area contributed by atoms with E-state index in [0.29, 0.717) is 6.42 Å². The molecular formula is C13H23N3O4. The Labute approximate surface area is 118 Å². The maximum absolute atomic E-state index is 11.7. The number of nitrogens with one attached hydrogen (secondary N) is 1. The second kappa shape index (κ2) is 7.23. The molecule has 0 bridgehead atoms. The van der Waals surface area contributed by atoms with Crippen molar-refractivity contribution < 1.29 is 19.5 Å². The summed E-state index contributed by atoms with van der Waals surface area (Å²) in [7, 11) is 1.57. The van der Waals surface area contributed by atoms with Crippen LogP contribution in [0.15, 0.2) is 0 Å². The Balaban J connectivity index is 2.32. The Bertz CT molecular complexity index is 384. The number of hydrogen-bond donors (Lipinski definition) is 2. The lowest BCUT2D eigenvalue weighted by molar-refractivity contribution is -0.126. The topological polar surface area (TPSA) is 89.9 Å². The van der Waals surface area contributed by atoms with E-state index < -0.39 is 0 Å². The molecule has 4 amide bonds. The van der Waals surface area contributed by atoms with E-state index in [1.54, 1.807) is 7.05 Å². The fourth-order valence-corrected chi connectivity index (χ4v) is 1.99. The number of amides is 4. The molecule has 1 heterocycles. The number of carbonyl (C=O) groups is 3. The molecule has 0 aliphatic carbocycles. The van der Waals surface area contributed by atoms with E-state index in [0.717, 1.165) is 0 Å². The lowest BCUT2D eigenvalue weighted by Crippen LogP contribution is -2.41. The van der Waals surface area contributed by atoms with Gasteiger partial charge in [0.25, 0.3) is 0 Å². The Morgan fingerprint density at radius 2 is 2.05 bits per heavy atom. The van der Waals surface area contributed by atoms with Crippen LogP contribution in [0, 0.1) is 5.92 Å². The SMILES string of the molecule is CC(C)[C@@H](CO)NC(=O)CCCN1C(=O)CN(C)C1=O. The van der Waals surface area contributed by atoms with Crippen molar-refractivity contribution in [3.63, 3.8) is 0 Å². The lowest BCUT2D eigenvalue weighted by atomic mass is 10.1. The first-order valence-electron chi connectivity index (χ1n) is 6.82. The first-order valence-corrected chi connectivity index (χ1v) is 6.82. The molecule has 114 valence electrons. The maximum Gasteiger partial charge on any atom is 0.326 e. The van der Waals surface area contributed by atoms with E-state index >= 15 is 0 Å². The van der Waals surface area contributed by atoms with E-state index in [9.17, 15) is 14.4 Å². The Hall–Kier alpha value is -1.63. The van der Waals surface area contributed by atoms with E-state index in [4.69, 9.17) is 5.11 Å². The average Bonchev–Trinajstić information content (AvgIpc) is 2.61. The number of imide groups is 1. The molecule has 7 nitrogen and oxygen atoms in total. The third-order valence-corrected chi connectivity index (χ3v) is 3.36. The molecule has 20 heavy (non-hydrogen) atoms. The molecule has 1 atom stereocenters. The molecule has 0 spiro atoms. The summed E-state index contributed by atoms with van der Waals surface area (Å²) in [6.45, 7) is 4.08. The first kappa shape index (κ1) is 16.4. The maximum atomic E-state index is 11.7. The second-order valence-corrected chi connectivity index (χ2v) is 5.39. The molecule has 1 aliphatic heterocycles. The lowest BCUT2D eigenvalue weighted by Gasteiger charge is -2.20. The van der Waals surface area contributed by atoms with Crippen molar-refractivity contribution >= 4 is 17.8 Å². The molecule has 0 saturated carbocycles. The van der Waals surface area contributed by atoms with Gasteiger partial charge in [0.2, 0.25) is 11.8 Å². The van der Waals surface area contributed by atoms with Crippen LogP contribution >= 0.6 is 0 Å². The third kappa shape index (κ3) is 4.19. The number of aliphatic hydroxyl groups is 1. The number of nitrogens with zero attached hydrogens (tertiary/aromatic N) is 2. The van der Waals surface area contributed by atoms with Crippen molar-refractivity contribution in [1.82, 2.24) is 15.1 Å². The molecule has 1 rings (SSSR count). The summed E-state index contributed by atoms with van der Waals surface area (Å²) in [4.78, 5) is 37.3. The normalized spacial score (nSPS) is 17.1. The molecule has 0 aromatic rings. The average molecular weight is 285 g/mol. The highest BCUT2D eigenvalue weighted by molar-refractivity contribution is 6.01. The zero-order valence-corrected chi connectivity index (χ0v) is 12.3. The van der Waals surface area contributed by atoms with E-state index in [2.05, 4.69) is 5.32 Å². The molecule has 1 saturated heterocycles. The number of urea groups is 1. The summed E-state index contributed by atoms with van der Waals surface area (Å²) in [6, 6.07) is -0.575.